The summed E-state index contributed by atoms with van der Waals surface area (Å²) < 4.78 is 13.4. The van der Waals surface area contributed by atoms with Crippen LogP contribution in [0.3, 0.4) is 0 Å². The molecule has 3 rings (SSSR count). The van der Waals surface area contributed by atoms with Crippen molar-refractivity contribution in [3.63, 3.8) is 0 Å². The number of hydrogen-bond donors (Lipinski definition) is 0. The van der Waals surface area contributed by atoms with E-state index >= 15 is 0 Å². The van der Waals surface area contributed by atoms with E-state index in [1.54, 1.807) is 12.1 Å². The highest BCUT2D eigenvalue weighted by Gasteiger charge is 2.21. The van der Waals surface area contributed by atoms with Gasteiger partial charge in [-0.2, -0.15) is 0 Å². The lowest BCUT2D eigenvalue weighted by molar-refractivity contribution is -0.384. The first-order chi connectivity index (χ1) is 10.0. The zero-order valence-electron chi connectivity index (χ0n) is 11.1. The maximum Gasteiger partial charge on any atom is 0.288 e. The number of fused-ring (bicyclic) bond motifs is 1. The van der Waals surface area contributed by atoms with Crippen molar-refractivity contribution in [2.75, 3.05) is 11.4 Å². The summed E-state index contributed by atoms with van der Waals surface area (Å²) in [4.78, 5) is 12.4. The van der Waals surface area contributed by atoms with Gasteiger partial charge in [-0.3, -0.25) is 10.1 Å². The molecule has 0 aliphatic carbocycles. The van der Waals surface area contributed by atoms with E-state index in [-0.39, 0.29) is 16.5 Å². The van der Waals surface area contributed by atoms with Gasteiger partial charge in [0, 0.05) is 24.8 Å². The predicted octanol–water partition coefficient (Wildman–Crippen LogP) is 3.95. The van der Waals surface area contributed by atoms with Crippen LogP contribution in [0.2, 0.25) is 5.02 Å². The Morgan fingerprint density at radius 3 is 2.86 bits per heavy atom. The summed E-state index contributed by atoms with van der Waals surface area (Å²) in [7, 11) is 0. The molecule has 1 aliphatic heterocycles. The molecule has 0 atom stereocenters. The van der Waals surface area contributed by atoms with E-state index in [4.69, 9.17) is 11.6 Å². The van der Waals surface area contributed by atoms with Gasteiger partial charge in [0.1, 0.15) is 10.8 Å². The topological polar surface area (TPSA) is 46.4 Å². The summed E-state index contributed by atoms with van der Waals surface area (Å²) in [5.74, 6) is -0.275. The Balaban J connectivity index is 1.88. The molecule has 2 aromatic rings. The molecule has 0 unspecified atom stereocenters. The largest absolute Gasteiger partial charge is 0.367 e. The second-order valence-corrected chi connectivity index (χ2v) is 5.39. The van der Waals surface area contributed by atoms with E-state index in [9.17, 15) is 14.5 Å². The van der Waals surface area contributed by atoms with Gasteiger partial charge in [-0.15, -0.1) is 0 Å². The lowest BCUT2D eigenvalue weighted by Crippen LogP contribution is -2.19. The predicted molar refractivity (Wildman–Crippen MR) is 79.3 cm³/mol. The summed E-state index contributed by atoms with van der Waals surface area (Å²) in [6.07, 6.45) is 0.852. The second kappa shape index (κ2) is 5.33. The Morgan fingerprint density at radius 1 is 1.29 bits per heavy atom. The van der Waals surface area contributed by atoms with Gasteiger partial charge in [0.2, 0.25) is 0 Å². The number of rotatable bonds is 3. The maximum absolute atomic E-state index is 13.4. The lowest BCUT2D eigenvalue weighted by Gasteiger charge is -2.19. The van der Waals surface area contributed by atoms with Crippen molar-refractivity contribution in [3.8, 4) is 0 Å². The molecule has 0 spiro atoms. The summed E-state index contributed by atoms with van der Waals surface area (Å²) in [5.41, 5.74) is 2.63. The van der Waals surface area contributed by atoms with Crippen LogP contribution in [-0.2, 0) is 13.0 Å². The van der Waals surface area contributed by atoms with Gasteiger partial charge in [0.05, 0.1) is 4.92 Å². The van der Waals surface area contributed by atoms with Crippen LogP contribution in [0.5, 0.6) is 0 Å². The van der Waals surface area contributed by atoms with Crippen LogP contribution in [0.15, 0.2) is 36.4 Å². The Kier molecular flexibility index (Phi) is 3.51. The average molecular weight is 307 g/mol. The first-order valence-electron chi connectivity index (χ1n) is 6.51. The first kappa shape index (κ1) is 13.8. The van der Waals surface area contributed by atoms with Gasteiger partial charge < -0.3 is 4.90 Å². The second-order valence-electron chi connectivity index (χ2n) is 4.99. The minimum Gasteiger partial charge on any atom is -0.367 e. The molecule has 1 aliphatic rings. The van der Waals surface area contributed by atoms with E-state index in [1.807, 2.05) is 4.90 Å². The number of benzene rings is 2. The lowest BCUT2D eigenvalue weighted by atomic mass is 10.1. The van der Waals surface area contributed by atoms with E-state index in [0.717, 1.165) is 29.8 Å². The summed E-state index contributed by atoms with van der Waals surface area (Å²) in [5, 5.41) is 11.0. The van der Waals surface area contributed by atoms with Gasteiger partial charge in [-0.25, -0.2) is 4.39 Å². The molecule has 0 fully saturated rings. The smallest absolute Gasteiger partial charge is 0.288 e. The normalized spacial score (nSPS) is 13.3. The monoisotopic (exact) mass is 306 g/mol. The molecule has 108 valence electrons. The van der Waals surface area contributed by atoms with Crippen molar-refractivity contribution in [2.45, 2.75) is 13.0 Å². The van der Waals surface area contributed by atoms with Gasteiger partial charge in [-0.1, -0.05) is 23.7 Å². The number of hydrogen-bond acceptors (Lipinski definition) is 3. The van der Waals surface area contributed by atoms with Crippen molar-refractivity contribution >= 4 is 23.0 Å². The maximum atomic E-state index is 13.4. The SMILES string of the molecule is O=[N+]([O-])c1cc(CN2CCc3ccc(F)cc32)ccc1Cl. The van der Waals surface area contributed by atoms with Crippen LogP contribution in [0.1, 0.15) is 11.1 Å². The average Bonchev–Trinajstić information content (AvgIpc) is 2.83. The molecule has 0 saturated heterocycles. The fourth-order valence-corrected chi connectivity index (χ4v) is 2.79. The molecule has 0 bridgehead atoms. The third-order valence-electron chi connectivity index (χ3n) is 3.62. The van der Waals surface area contributed by atoms with Crippen molar-refractivity contribution in [2.24, 2.45) is 0 Å². The molecule has 0 saturated carbocycles. The Bertz CT molecular complexity index is 721. The van der Waals surface area contributed by atoms with E-state index in [2.05, 4.69) is 0 Å². The Hall–Kier alpha value is -2.14. The zero-order valence-corrected chi connectivity index (χ0v) is 11.8. The van der Waals surface area contributed by atoms with Crippen LogP contribution >= 0.6 is 11.6 Å². The molecular weight excluding hydrogens is 295 g/mol. The van der Waals surface area contributed by atoms with E-state index in [1.165, 1.54) is 24.3 Å². The number of nitro benzene ring substituents is 1. The first-order valence-corrected chi connectivity index (χ1v) is 6.88. The number of nitro groups is 1. The molecule has 0 amide bonds. The Morgan fingerprint density at radius 2 is 2.10 bits per heavy atom. The minimum atomic E-state index is -0.497. The third-order valence-corrected chi connectivity index (χ3v) is 3.94. The number of halogens is 2. The van der Waals surface area contributed by atoms with Crippen LogP contribution < -0.4 is 4.90 Å². The van der Waals surface area contributed by atoms with Crippen molar-refractivity contribution < 1.29 is 9.31 Å². The molecule has 6 heteroatoms. The summed E-state index contributed by atoms with van der Waals surface area (Å²) in [6, 6.07) is 9.50. The van der Waals surface area contributed by atoms with Crippen LogP contribution in [-0.4, -0.2) is 11.5 Å². The molecule has 4 nitrogen and oxygen atoms in total. The Labute approximate surface area is 125 Å². The zero-order chi connectivity index (χ0) is 15.0. The van der Waals surface area contributed by atoms with Crippen LogP contribution in [0, 0.1) is 15.9 Å². The van der Waals surface area contributed by atoms with E-state index in [0.29, 0.717) is 6.54 Å². The van der Waals surface area contributed by atoms with Gasteiger partial charge in [0.15, 0.2) is 0 Å². The minimum absolute atomic E-state index is 0.104. The standard InChI is InChI=1S/C15H12ClFN2O2/c16-13-4-1-10(7-15(13)19(20)21)9-18-6-5-11-2-3-12(17)8-14(11)18/h1-4,7-8H,5-6,9H2. The summed E-state index contributed by atoms with van der Waals surface area (Å²) >= 11 is 5.80. The fourth-order valence-electron chi connectivity index (χ4n) is 2.60. The quantitative estimate of drug-likeness (QED) is 0.637. The van der Waals surface area contributed by atoms with Crippen LogP contribution in [0.4, 0.5) is 15.8 Å². The fraction of sp³-hybridized carbons (Fsp3) is 0.200. The highest BCUT2D eigenvalue weighted by Crippen LogP contribution is 2.31. The highest BCUT2D eigenvalue weighted by molar-refractivity contribution is 6.32. The van der Waals surface area contributed by atoms with Crippen LogP contribution in [0.25, 0.3) is 0 Å². The van der Waals surface area contributed by atoms with Gasteiger partial charge >= 0.3 is 0 Å². The molecule has 1 heterocycles. The molecule has 0 aromatic heterocycles. The van der Waals surface area contributed by atoms with Crippen molar-refractivity contribution in [1.29, 1.82) is 0 Å². The van der Waals surface area contributed by atoms with Crippen molar-refractivity contribution in [3.05, 3.63) is 68.5 Å². The third kappa shape index (κ3) is 2.69. The molecule has 21 heavy (non-hydrogen) atoms. The van der Waals surface area contributed by atoms with E-state index < -0.39 is 4.92 Å². The molecular formula is C15H12ClFN2O2. The highest BCUT2D eigenvalue weighted by atomic mass is 35.5. The molecule has 0 N–H and O–H groups in total. The summed E-state index contributed by atoms with van der Waals surface area (Å²) in [6.45, 7) is 1.27. The van der Waals surface area contributed by atoms with Crippen molar-refractivity contribution in [1.82, 2.24) is 0 Å². The molecule has 0 radical (unpaired) electrons. The number of nitrogens with zero attached hydrogens (tertiary/aromatic N) is 2. The van der Waals surface area contributed by atoms with Gasteiger partial charge in [-0.05, 0) is 35.7 Å². The van der Waals surface area contributed by atoms with Gasteiger partial charge in [0.25, 0.3) is 5.69 Å². The number of anilines is 1. The molecule has 2 aromatic carbocycles.